The molecule has 1 aliphatic carbocycles. The molecule has 0 radical (unpaired) electrons. The second-order valence-corrected chi connectivity index (χ2v) is 6.12. The molecule has 3 rings (SSSR count). The van der Waals surface area contributed by atoms with E-state index in [0.29, 0.717) is 0 Å². The van der Waals surface area contributed by atoms with Gasteiger partial charge in [0.2, 0.25) is 0 Å². The Morgan fingerprint density at radius 3 is 3.00 bits per heavy atom. The van der Waals surface area contributed by atoms with Crippen molar-refractivity contribution < 1.29 is 5.11 Å². The summed E-state index contributed by atoms with van der Waals surface area (Å²) in [5.74, 6) is 0. The van der Waals surface area contributed by atoms with Gasteiger partial charge in [-0.2, -0.15) is 0 Å². The van der Waals surface area contributed by atoms with Crippen molar-refractivity contribution in [3.8, 4) is 0 Å². The van der Waals surface area contributed by atoms with Gasteiger partial charge in [-0.1, -0.05) is 23.5 Å². The third kappa shape index (κ3) is 2.38. The maximum atomic E-state index is 10.0. The van der Waals surface area contributed by atoms with Gasteiger partial charge in [-0.25, -0.2) is 4.98 Å². The Balaban J connectivity index is 1.94. The van der Waals surface area contributed by atoms with Crippen LogP contribution in [0.3, 0.4) is 0 Å². The molecule has 2 aromatic rings. The van der Waals surface area contributed by atoms with Crippen LogP contribution >= 0.6 is 11.3 Å². The predicted octanol–water partition coefficient (Wildman–Crippen LogP) is 3.59. The summed E-state index contributed by atoms with van der Waals surface area (Å²) in [6, 6.07) is 8.39. The van der Waals surface area contributed by atoms with Gasteiger partial charge in [0.05, 0.1) is 16.7 Å². The molecule has 1 unspecified atom stereocenters. The van der Waals surface area contributed by atoms with Gasteiger partial charge in [-0.3, -0.25) is 0 Å². The average molecular weight is 274 g/mol. The van der Waals surface area contributed by atoms with Crippen molar-refractivity contribution >= 4 is 22.2 Å². The smallest absolute Gasteiger partial charge is 0.190 e. The highest BCUT2D eigenvalue weighted by molar-refractivity contribution is 7.15. The third-order valence-corrected chi connectivity index (χ3v) is 4.86. The molecule has 1 aromatic heterocycles. The first-order valence-corrected chi connectivity index (χ1v) is 7.45. The van der Waals surface area contributed by atoms with Crippen molar-refractivity contribution in [1.29, 1.82) is 0 Å². The molecular weight excluding hydrogens is 256 g/mol. The Labute approximate surface area is 117 Å². The standard InChI is InChI=1S/C15H18N2OS/c1-10-5-3-6-11(9-10)17(2)15-16-12-7-4-8-13(18)14(12)19-15/h3,5-6,9,13,18H,4,7-8H2,1-2H3. The molecule has 0 amide bonds. The number of aromatic nitrogens is 1. The van der Waals surface area contributed by atoms with E-state index >= 15 is 0 Å². The molecule has 4 heteroatoms. The summed E-state index contributed by atoms with van der Waals surface area (Å²) in [6.45, 7) is 2.09. The van der Waals surface area contributed by atoms with E-state index in [1.807, 2.05) is 7.05 Å². The zero-order valence-electron chi connectivity index (χ0n) is 11.3. The Kier molecular flexibility index (Phi) is 3.29. The first-order valence-electron chi connectivity index (χ1n) is 6.63. The second kappa shape index (κ2) is 4.94. The quantitative estimate of drug-likeness (QED) is 0.909. The number of aryl methyl sites for hydroxylation is 2. The number of rotatable bonds is 2. The first kappa shape index (κ1) is 12.6. The van der Waals surface area contributed by atoms with Gasteiger partial charge in [-0.05, 0) is 43.9 Å². The van der Waals surface area contributed by atoms with Crippen LogP contribution in [0.1, 0.15) is 35.1 Å². The molecule has 19 heavy (non-hydrogen) atoms. The lowest BCUT2D eigenvalue weighted by Crippen LogP contribution is -2.09. The van der Waals surface area contributed by atoms with Crippen molar-refractivity contribution in [2.24, 2.45) is 0 Å². The SMILES string of the molecule is Cc1cccc(N(C)c2nc3c(s2)C(O)CCC3)c1. The highest BCUT2D eigenvalue weighted by Crippen LogP contribution is 2.38. The Hall–Kier alpha value is -1.39. The molecule has 0 bridgehead atoms. The van der Waals surface area contributed by atoms with E-state index in [1.54, 1.807) is 11.3 Å². The Bertz CT molecular complexity index is 594. The monoisotopic (exact) mass is 274 g/mol. The number of fused-ring (bicyclic) bond motifs is 1. The topological polar surface area (TPSA) is 36.4 Å². The third-order valence-electron chi connectivity index (χ3n) is 3.59. The number of hydrogen-bond donors (Lipinski definition) is 1. The number of hydrogen-bond acceptors (Lipinski definition) is 4. The summed E-state index contributed by atoms with van der Waals surface area (Å²) >= 11 is 1.62. The van der Waals surface area contributed by atoms with E-state index in [0.717, 1.165) is 40.7 Å². The van der Waals surface area contributed by atoms with Crippen molar-refractivity contribution in [3.05, 3.63) is 40.4 Å². The van der Waals surface area contributed by atoms with Gasteiger partial charge in [0.1, 0.15) is 0 Å². The number of aliphatic hydroxyl groups excluding tert-OH is 1. The van der Waals surface area contributed by atoms with Crippen molar-refractivity contribution in [2.45, 2.75) is 32.3 Å². The van der Waals surface area contributed by atoms with Gasteiger partial charge >= 0.3 is 0 Å². The fraction of sp³-hybridized carbons (Fsp3) is 0.400. The summed E-state index contributed by atoms with van der Waals surface area (Å²) in [4.78, 5) is 7.85. The number of thiazole rings is 1. The number of benzene rings is 1. The average Bonchev–Trinajstić information content (AvgIpc) is 2.83. The fourth-order valence-electron chi connectivity index (χ4n) is 2.47. The van der Waals surface area contributed by atoms with Crippen LogP contribution in [0.25, 0.3) is 0 Å². The summed E-state index contributed by atoms with van der Waals surface area (Å²) in [5, 5.41) is 11.0. The number of anilines is 2. The molecule has 100 valence electrons. The van der Waals surface area contributed by atoms with Gasteiger partial charge < -0.3 is 10.0 Å². The Morgan fingerprint density at radius 1 is 1.42 bits per heavy atom. The first-order chi connectivity index (χ1) is 9.15. The maximum Gasteiger partial charge on any atom is 0.190 e. The maximum absolute atomic E-state index is 10.0. The van der Waals surface area contributed by atoms with E-state index in [4.69, 9.17) is 4.98 Å². The van der Waals surface area contributed by atoms with E-state index < -0.39 is 0 Å². The summed E-state index contributed by atoms with van der Waals surface area (Å²) in [7, 11) is 2.03. The van der Waals surface area contributed by atoms with Gasteiger partial charge in [0.25, 0.3) is 0 Å². The molecule has 1 aromatic carbocycles. The molecule has 1 N–H and O–H groups in total. The molecule has 0 fully saturated rings. The lowest BCUT2D eigenvalue weighted by Gasteiger charge is -2.16. The predicted molar refractivity (Wildman–Crippen MR) is 79.3 cm³/mol. The molecule has 1 aliphatic rings. The lowest BCUT2D eigenvalue weighted by atomic mass is 10.0. The highest BCUT2D eigenvalue weighted by atomic mass is 32.1. The molecule has 3 nitrogen and oxygen atoms in total. The molecule has 0 saturated carbocycles. The fourth-order valence-corrected chi connectivity index (χ4v) is 3.59. The molecular formula is C15H18N2OS. The largest absolute Gasteiger partial charge is 0.388 e. The summed E-state index contributed by atoms with van der Waals surface area (Å²) in [6.07, 6.45) is 2.57. The molecule has 0 aliphatic heterocycles. The number of nitrogens with zero attached hydrogens (tertiary/aromatic N) is 2. The van der Waals surface area contributed by atoms with Crippen LogP contribution in [0.2, 0.25) is 0 Å². The summed E-state index contributed by atoms with van der Waals surface area (Å²) in [5.41, 5.74) is 3.46. The molecule has 1 atom stereocenters. The van der Waals surface area contributed by atoms with Crippen LogP contribution in [-0.4, -0.2) is 17.1 Å². The van der Waals surface area contributed by atoms with E-state index in [-0.39, 0.29) is 6.10 Å². The number of aliphatic hydroxyl groups is 1. The van der Waals surface area contributed by atoms with E-state index in [2.05, 4.69) is 36.1 Å². The Morgan fingerprint density at radius 2 is 2.26 bits per heavy atom. The van der Waals surface area contributed by atoms with Crippen molar-refractivity contribution in [3.63, 3.8) is 0 Å². The van der Waals surface area contributed by atoms with Crippen LogP contribution in [0.4, 0.5) is 10.8 Å². The minimum Gasteiger partial charge on any atom is -0.388 e. The van der Waals surface area contributed by atoms with Gasteiger partial charge in [0, 0.05) is 12.7 Å². The van der Waals surface area contributed by atoms with Crippen LogP contribution in [-0.2, 0) is 6.42 Å². The second-order valence-electron chi connectivity index (χ2n) is 5.11. The van der Waals surface area contributed by atoms with Crippen LogP contribution in [0.5, 0.6) is 0 Å². The molecule has 1 heterocycles. The summed E-state index contributed by atoms with van der Waals surface area (Å²) < 4.78 is 0. The van der Waals surface area contributed by atoms with Crippen molar-refractivity contribution in [1.82, 2.24) is 4.98 Å². The molecule has 0 saturated heterocycles. The molecule has 0 spiro atoms. The van der Waals surface area contributed by atoms with Gasteiger partial charge in [-0.15, -0.1) is 0 Å². The minimum atomic E-state index is -0.319. The van der Waals surface area contributed by atoms with E-state index in [9.17, 15) is 5.11 Å². The lowest BCUT2D eigenvalue weighted by molar-refractivity contribution is 0.160. The zero-order valence-corrected chi connectivity index (χ0v) is 12.1. The van der Waals surface area contributed by atoms with Crippen LogP contribution in [0.15, 0.2) is 24.3 Å². The van der Waals surface area contributed by atoms with E-state index in [1.165, 1.54) is 5.56 Å². The van der Waals surface area contributed by atoms with Crippen LogP contribution in [0, 0.1) is 6.92 Å². The van der Waals surface area contributed by atoms with Crippen molar-refractivity contribution in [2.75, 3.05) is 11.9 Å². The zero-order chi connectivity index (χ0) is 13.4. The highest BCUT2D eigenvalue weighted by Gasteiger charge is 2.24. The normalized spacial score (nSPS) is 18.2. The minimum absolute atomic E-state index is 0.319. The van der Waals surface area contributed by atoms with Crippen LogP contribution < -0.4 is 4.90 Å². The van der Waals surface area contributed by atoms with Gasteiger partial charge in [0.15, 0.2) is 5.13 Å².